The van der Waals surface area contributed by atoms with Gasteiger partial charge in [0.15, 0.2) is 0 Å². The van der Waals surface area contributed by atoms with Crippen molar-refractivity contribution in [1.29, 1.82) is 0 Å². The number of likely N-dealkylation sites (tertiary alicyclic amines) is 1. The lowest BCUT2D eigenvalue weighted by atomic mass is 9.96. The number of rotatable bonds is 5. The molecule has 6 nitrogen and oxygen atoms in total. The highest BCUT2D eigenvalue weighted by atomic mass is 35.5. The molecule has 3 rings (SSSR count). The predicted octanol–water partition coefficient (Wildman–Crippen LogP) is 3.55. The summed E-state index contributed by atoms with van der Waals surface area (Å²) in [6.07, 6.45) is 3.54. The van der Waals surface area contributed by atoms with Crippen molar-refractivity contribution in [3.05, 3.63) is 50.8 Å². The summed E-state index contributed by atoms with van der Waals surface area (Å²) < 4.78 is 1.64. The van der Waals surface area contributed by atoms with E-state index in [2.05, 4.69) is 10.4 Å². The molecule has 1 aromatic heterocycles. The quantitative estimate of drug-likeness (QED) is 0.778. The lowest BCUT2D eigenvalue weighted by Crippen LogP contribution is -2.42. The average molecular weight is 437 g/mol. The van der Waals surface area contributed by atoms with Crippen LogP contribution in [0.5, 0.6) is 0 Å². The summed E-state index contributed by atoms with van der Waals surface area (Å²) in [6, 6.07) is 3.62. The van der Waals surface area contributed by atoms with Crippen LogP contribution in [0.15, 0.2) is 18.3 Å². The Morgan fingerprint density at radius 1 is 1.17 bits per heavy atom. The maximum Gasteiger partial charge on any atom is 0.251 e. The van der Waals surface area contributed by atoms with Crippen molar-refractivity contribution in [3.63, 3.8) is 0 Å². The van der Waals surface area contributed by atoms with Crippen molar-refractivity contribution in [2.24, 2.45) is 13.0 Å². The van der Waals surface area contributed by atoms with Crippen molar-refractivity contribution < 1.29 is 9.59 Å². The molecule has 1 saturated heterocycles. The Labute approximate surface area is 181 Å². The lowest BCUT2D eigenvalue weighted by molar-refractivity contribution is -0.131. The van der Waals surface area contributed by atoms with E-state index in [0.717, 1.165) is 29.7 Å². The molecule has 0 bridgehead atoms. The van der Waals surface area contributed by atoms with Crippen LogP contribution < -0.4 is 5.32 Å². The van der Waals surface area contributed by atoms with Crippen molar-refractivity contribution >= 4 is 35.0 Å². The van der Waals surface area contributed by atoms with Crippen LogP contribution in [0, 0.1) is 19.8 Å². The van der Waals surface area contributed by atoms with Gasteiger partial charge in [0.25, 0.3) is 5.91 Å². The number of nitrogens with one attached hydrogen (secondary N) is 1. The minimum Gasteiger partial charge on any atom is -0.352 e. The molecule has 156 valence electrons. The number of aromatic nitrogens is 2. The molecule has 2 heterocycles. The van der Waals surface area contributed by atoms with Gasteiger partial charge >= 0.3 is 0 Å². The van der Waals surface area contributed by atoms with E-state index >= 15 is 0 Å². The molecule has 8 heteroatoms. The number of halogens is 2. The summed E-state index contributed by atoms with van der Waals surface area (Å²) in [5.74, 6) is 0.350. The first-order valence-corrected chi connectivity index (χ1v) is 10.5. The van der Waals surface area contributed by atoms with E-state index in [1.165, 1.54) is 0 Å². The highest BCUT2D eigenvalue weighted by molar-refractivity contribution is 6.31. The van der Waals surface area contributed by atoms with Gasteiger partial charge in [-0.15, -0.1) is 0 Å². The molecule has 0 radical (unpaired) electrons. The fourth-order valence-electron chi connectivity index (χ4n) is 3.87. The Morgan fingerprint density at radius 3 is 2.34 bits per heavy atom. The highest BCUT2D eigenvalue weighted by Crippen LogP contribution is 2.22. The number of carbonyl (C=O) groups excluding carboxylic acids is 2. The number of hydrogen-bond acceptors (Lipinski definition) is 3. The third-order valence-electron chi connectivity index (χ3n) is 5.57. The van der Waals surface area contributed by atoms with Crippen LogP contribution in [0.3, 0.4) is 0 Å². The zero-order valence-electron chi connectivity index (χ0n) is 17.0. The van der Waals surface area contributed by atoms with Gasteiger partial charge in [-0.2, -0.15) is 5.10 Å². The summed E-state index contributed by atoms with van der Waals surface area (Å²) in [4.78, 5) is 27.1. The number of amides is 2. The van der Waals surface area contributed by atoms with E-state index in [4.69, 9.17) is 23.2 Å². The first kappa shape index (κ1) is 21.7. The second-order valence-electron chi connectivity index (χ2n) is 7.69. The van der Waals surface area contributed by atoms with E-state index < -0.39 is 0 Å². The molecule has 1 aromatic carbocycles. The molecule has 0 aliphatic carbocycles. The zero-order chi connectivity index (χ0) is 21.1. The van der Waals surface area contributed by atoms with Gasteiger partial charge < -0.3 is 10.2 Å². The van der Waals surface area contributed by atoms with Crippen molar-refractivity contribution in [3.8, 4) is 0 Å². The highest BCUT2D eigenvalue weighted by Gasteiger charge is 2.25. The summed E-state index contributed by atoms with van der Waals surface area (Å²) in [6.45, 7) is 5.77. The van der Waals surface area contributed by atoms with Gasteiger partial charge in [-0.3, -0.25) is 14.3 Å². The second-order valence-corrected chi connectivity index (χ2v) is 8.53. The second kappa shape index (κ2) is 9.18. The normalized spacial score (nSPS) is 14.9. The van der Waals surface area contributed by atoms with Crippen LogP contribution in [0.1, 0.15) is 40.0 Å². The summed E-state index contributed by atoms with van der Waals surface area (Å²) >= 11 is 12.2. The molecule has 0 atom stereocenters. The van der Waals surface area contributed by atoms with Crippen LogP contribution in [0.4, 0.5) is 0 Å². The maximum absolute atomic E-state index is 12.6. The van der Waals surface area contributed by atoms with Crippen molar-refractivity contribution in [1.82, 2.24) is 20.0 Å². The Bertz CT molecular complexity index is 875. The third-order valence-corrected chi connectivity index (χ3v) is 6.11. The maximum atomic E-state index is 12.6. The molecule has 29 heavy (non-hydrogen) atoms. The van der Waals surface area contributed by atoms with Gasteiger partial charge in [0.05, 0.1) is 23.3 Å². The molecule has 1 aliphatic rings. The van der Waals surface area contributed by atoms with Crippen LogP contribution in [0.25, 0.3) is 0 Å². The van der Waals surface area contributed by atoms with Crippen molar-refractivity contribution in [2.45, 2.75) is 33.1 Å². The summed E-state index contributed by atoms with van der Waals surface area (Å²) in [7, 11) is 1.79. The number of carbonyl (C=O) groups is 2. The monoisotopic (exact) mass is 436 g/mol. The number of aryl methyl sites for hydroxylation is 3. The molecular formula is C21H26Cl2N4O2. The standard InChI is InChI=1S/C21H26Cl2N4O2/c1-13-8-16(22)9-14(2)20(13)21(29)24-11-15-4-6-27(7-5-15)19(28)10-18-17(23)12-25-26(18)3/h8-9,12,15H,4-7,10-11H2,1-3H3,(H,24,29). The first-order valence-electron chi connectivity index (χ1n) is 9.75. The Kier molecular flexibility index (Phi) is 6.85. The number of benzene rings is 1. The molecule has 0 spiro atoms. The number of piperidine rings is 1. The molecular weight excluding hydrogens is 411 g/mol. The lowest BCUT2D eigenvalue weighted by Gasteiger charge is -2.32. The molecule has 1 N–H and O–H groups in total. The van der Waals surface area contributed by atoms with Gasteiger partial charge in [-0.05, 0) is 55.9 Å². The van der Waals surface area contributed by atoms with Crippen LogP contribution in [0.2, 0.25) is 10.0 Å². The van der Waals surface area contributed by atoms with E-state index in [0.29, 0.717) is 41.2 Å². The Balaban J connectivity index is 1.49. The first-order chi connectivity index (χ1) is 13.8. The van der Waals surface area contributed by atoms with Crippen LogP contribution >= 0.6 is 23.2 Å². The number of nitrogens with zero attached hydrogens (tertiary/aromatic N) is 3. The summed E-state index contributed by atoms with van der Waals surface area (Å²) in [5.41, 5.74) is 3.18. The summed E-state index contributed by atoms with van der Waals surface area (Å²) in [5, 5.41) is 8.29. The molecule has 1 aliphatic heterocycles. The molecule has 2 aromatic rings. The van der Waals surface area contributed by atoms with E-state index in [1.54, 1.807) is 17.9 Å². The van der Waals surface area contributed by atoms with Crippen molar-refractivity contribution in [2.75, 3.05) is 19.6 Å². The van der Waals surface area contributed by atoms with E-state index in [-0.39, 0.29) is 18.2 Å². The topological polar surface area (TPSA) is 67.2 Å². The molecule has 0 unspecified atom stereocenters. The van der Waals surface area contributed by atoms with Crippen LogP contribution in [-0.2, 0) is 18.3 Å². The zero-order valence-corrected chi connectivity index (χ0v) is 18.5. The van der Waals surface area contributed by atoms with Gasteiger partial charge in [0.2, 0.25) is 5.91 Å². The van der Waals surface area contributed by atoms with Gasteiger partial charge in [0, 0.05) is 37.3 Å². The minimum absolute atomic E-state index is 0.0606. The molecule has 2 amide bonds. The largest absolute Gasteiger partial charge is 0.352 e. The Morgan fingerprint density at radius 2 is 1.79 bits per heavy atom. The molecule has 1 fully saturated rings. The third kappa shape index (κ3) is 5.11. The fourth-order valence-corrected chi connectivity index (χ4v) is 4.43. The smallest absolute Gasteiger partial charge is 0.251 e. The predicted molar refractivity (Wildman–Crippen MR) is 114 cm³/mol. The minimum atomic E-state index is -0.0685. The fraction of sp³-hybridized carbons (Fsp3) is 0.476. The van der Waals surface area contributed by atoms with Crippen LogP contribution in [-0.4, -0.2) is 46.1 Å². The van der Waals surface area contributed by atoms with Gasteiger partial charge in [0.1, 0.15) is 0 Å². The average Bonchev–Trinajstić information content (AvgIpc) is 2.98. The SMILES string of the molecule is Cc1cc(Cl)cc(C)c1C(=O)NCC1CCN(C(=O)Cc2c(Cl)cnn2C)CC1. The molecule has 0 saturated carbocycles. The van der Waals surface area contributed by atoms with Gasteiger partial charge in [-0.25, -0.2) is 0 Å². The van der Waals surface area contributed by atoms with E-state index in [1.807, 2.05) is 30.9 Å². The number of hydrogen-bond donors (Lipinski definition) is 1. The van der Waals surface area contributed by atoms with Gasteiger partial charge in [-0.1, -0.05) is 23.2 Å². The Hall–Kier alpha value is -2.05. The van der Waals surface area contributed by atoms with E-state index in [9.17, 15) is 9.59 Å².